The Hall–Kier alpha value is -1.21. The third kappa shape index (κ3) is 3.52. The van der Waals surface area contributed by atoms with Crippen LogP contribution in [0.4, 0.5) is 0 Å². The molecule has 0 radical (unpaired) electrons. The quantitative estimate of drug-likeness (QED) is 0.640. The van der Waals surface area contributed by atoms with Gasteiger partial charge in [0.1, 0.15) is 5.75 Å². The van der Waals surface area contributed by atoms with E-state index >= 15 is 0 Å². The predicted molar refractivity (Wildman–Crippen MR) is 90.4 cm³/mol. The van der Waals surface area contributed by atoms with E-state index in [2.05, 4.69) is 9.88 Å². The smallest absolute Gasteiger partial charge is 0.196 e. The van der Waals surface area contributed by atoms with Crippen molar-refractivity contribution in [1.29, 1.82) is 0 Å². The van der Waals surface area contributed by atoms with Crippen molar-refractivity contribution in [2.75, 3.05) is 13.1 Å². The molecule has 1 saturated heterocycles. The Bertz CT molecular complexity index is 674. The average molecular weight is 396 g/mol. The molecule has 1 atom stereocenters. The number of carbonyl (C=O) groups excluding carboxylic acids is 1. The van der Waals surface area contributed by atoms with Gasteiger partial charge in [-0.15, -0.1) is 0 Å². The van der Waals surface area contributed by atoms with E-state index in [4.69, 9.17) is 0 Å². The average Bonchev–Trinajstić information content (AvgIpc) is 2.48. The van der Waals surface area contributed by atoms with Gasteiger partial charge in [-0.05, 0) is 66.2 Å². The molecule has 1 aliphatic rings. The van der Waals surface area contributed by atoms with Gasteiger partial charge in [-0.1, -0.05) is 6.07 Å². The van der Waals surface area contributed by atoms with Gasteiger partial charge in [0, 0.05) is 24.4 Å². The summed E-state index contributed by atoms with van der Waals surface area (Å²) in [6.07, 6.45) is 2.07. The largest absolute Gasteiger partial charge is 0.508 e. The number of likely N-dealkylation sites (tertiary alicyclic amines) is 1. The van der Waals surface area contributed by atoms with Gasteiger partial charge in [0.05, 0.1) is 11.2 Å². The molecular weight excluding hydrogens is 379 g/mol. The molecule has 1 aliphatic heterocycles. The first kappa shape index (κ1) is 14.7. The second-order valence-corrected chi connectivity index (χ2v) is 6.62. The predicted octanol–water partition coefficient (Wildman–Crippen LogP) is 3.11. The van der Waals surface area contributed by atoms with Gasteiger partial charge < -0.3 is 5.11 Å². The van der Waals surface area contributed by atoms with E-state index < -0.39 is 0 Å². The summed E-state index contributed by atoms with van der Waals surface area (Å²) in [5.41, 5.74) is 1.90. The highest BCUT2D eigenvalue weighted by atomic mass is 127. The van der Waals surface area contributed by atoms with E-state index in [-0.39, 0.29) is 15.5 Å². The van der Waals surface area contributed by atoms with Gasteiger partial charge in [0.2, 0.25) is 0 Å². The first-order chi connectivity index (χ1) is 10.1. The van der Waals surface area contributed by atoms with Gasteiger partial charge in [0.25, 0.3) is 0 Å². The molecule has 110 valence electrons. The Kier molecular flexibility index (Phi) is 4.40. The van der Waals surface area contributed by atoms with Crippen LogP contribution >= 0.6 is 22.6 Å². The number of piperidine rings is 1. The van der Waals surface area contributed by atoms with Crippen molar-refractivity contribution in [3.05, 3.63) is 36.0 Å². The number of carbonyl (C=O) groups is 1. The van der Waals surface area contributed by atoms with E-state index in [1.165, 1.54) is 0 Å². The number of hydrogen-bond donors (Lipinski definition) is 1. The molecule has 2 heterocycles. The maximum absolute atomic E-state index is 11.5. The van der Waals surface area contributed by atoms with Crippen molar-refractivity contribution >= 4 is 37.3 Å². The van der Waals surface area contributed by atoms with E-state index in [1.807, 2.05) is 40.8 Å². The lowest BCUT2D eigenvalue weighted by molar-refractivity contribution is -0.114. The summed E-state index contributed by atoms with van der Waals surface area (Å²) in [5.74, 6) is 0.424. The zero-order valence-electron chi connectivity index (χ0n) is 11.6. The van der Waals surface area contributed by atoms with Crippen molar-refractivity contribution in [2.24, 2.45) is 5.92 Å². The molecule has 0 saturated carbocycles. The number of phenols is 1. The van der Waals surface area contributed by atoms with Crippen LogP contribution in [0, 0.1) is 5.92 Å². The maximum Gasteiger partial charge on any atom is 0.196 e. The lowest BCUT2D eigenvalue weighted by Crippen LogP contribution is -2.37. The molecule has 1 aromatic carbocycles. The van der Waals surface area contributed by atoms with Crippen molar-refractivity contribution in [3.63, 3.8) is 0 Å². The topological polar surface area (TPSA) is 53.4 Å². The molecule has 0 amide bonds. The van der Waals surface area contributed by atoms with Crippen molar-refractivity contribution in [2.45, 2.75) is 19.4 Å². The van der Waals surface area contributed by atoms with Gasteiger partial charge >= 0.3 is 0 Å². The van der Waals surface area contributed by atoms with Crippen LogP contribution in [0.25, 0.3) is 10.9 Å². The van der Waals surface area contributed by atoms with Crippen LogP contribution in [-0.2, 0) is 11.3 Å². The number of aromatic nitrogens is 1. The number of halogens is 1. The van der Waals surface area contributed by atoms with E-state index in [0.717, 1.165) is 49.1 Å². The maximum atomic E-state index is 11.5. The Morgan fingerprint density at radius 3 is 3.05 bits per heavy atom. The normalized spacial score (nSPS) is 19.8. The van der Waals surface area contributed by atoms with Crippen molar-refractivity contribution in [3.8, 4) is 5.75 Å². The SMILES string of the molecule is O=C(I)C1CCCN(Cc2ccc3cc(O)ccc3n2)C1. The van der Waals surface area contributed by atoms with Crippen LogP contribution in [0.3, 0.4) is 0 Å². The fourth-order valence-corrected chi connectivity index (χ4v) is 3.37. The molecule has 21 heavy (non-hydrogen) atoms. The number of nitrogens with zero attached hydrogens (tertiary/aromatic N) is 2. The summed E-state index contributed by atoms with van der Waals surface area (Å²) in [6.45, 7) is 2.63. The lowest BCUT2D eigenvalue weighted by atomic mass is 9.99. The zero-order chi connectivity index (χ0) is 14.8. The van der Waals surface area contributed by atoms with Crippen LogP contribution in [0.2, 0.25) is 0 Å². The Morgan fingerprint density at radius 1 is 1.38 bits per heavy atom. The molecule has 1 fully saturated rings. The van der Waals surface area contributed by atoms with E-state index in [0.29, 0.717) is 0 Å². The standard InChI is InChI=1S/C16H17IN2O2/c17-16(21)12-2-1-7-19(9-12)10-13-4-3-11-8-14(20)5-6-15(11)18-13/h3-6,8,12,20H,1-2,7,9-10H2. The zero-order valence-corrected chi connectivity index (χ0v) is 13.8. The summed E-state index contributed by atoms with van der Waals surface area (Å²) >= 11 is 1.91. The molecule has 0 bridgehead atoms. The second-order valence-electron chi connectivity index (χ2n) is 5.56. The number of aromatic hydroxyl groups is 1. The molecule has 4 nitrogen and oxygen atoms in total. The van der Waals surface area contributed by atoms with Crippen LogP contribution in [0.15, 0.2) is 30.3 Å². The van der Waals surface area contributed by atoms with Crippen molar-refractivity contribution < 1.29 is 9.90 Å². The highest BCUT2D eigenvalue weighted by molar-refractivity contribution is 14.1. The summed E-state index contributed by atoms with van der Waals surface area (Å²) in [4.78, 5) is 18.5. The van der Waals surface area contributed by atoms with Gasteiger partial charge in [-0.3, -0.25) is 14.7 Å². The first-order valence-electron chi connectivity index (χ1n) is 7.12. The summed E-state index contributed by atoms with van der Waals surface area (Å²) in [6, 6.07) is 9.20. The first-order valence-corrected chi connectivity index (χ1v) is 8.20. The Balaban J connectivity index is 1.75. The molecule has 1 N–H and O–H groups in total. The fraction of sp³-hybridized carbons (Fsp3) is 0.375. The number of benzene rings is 1. The van der Waals surface area contributed by atoms with E-state index in [1.54, 1.807) is 12.1 Å². The second kappa shape index (κ2) is 6.27. The summed E-state index contributed by atoms with van der Waals surface area (Å²) < 4.78 is 0.263. The molecular formula is C16H17IN2O2. The summed E-state index contributed by atoms with van der Waals surface area (Å²) in [7, 11) is 0. The highest BCUT2D eigenvalue weighted by Crippen LogP contribution is 2.22. The Labute approximate surface area is 137 Å². The minimum atomic E-state index is 0.164. The Morgan fingerprint density at radius 2 is 2.24 bits per heavy atom. The molecule has 0 aliphatic carbocycles. The molecule has 1 aromatic heterocycles. The van der Waals surface area contributed by atoms with Gasteiger partial charge in [0.15, 0.2) is 3.79 Å². The number of fused-ring (bicyclic) bond motifs is 1. The third-order valence-corrected chi connectivity index (χ3v) is 4.82. The number of phenolic OH excluding ortho intramolecular Hbond substituents is 1. The van der Waals surface area contributed by atoms with Crippen LogP contribution < -0.4 is 0 Å². The molecule has 0 spiro atoms. The highest BCUT2D eigenvalue weighted by Gasteiger charge is 2.24. The molecule has 5 heteroatoms. The van der Waals surface area contributed by atoms with Gasteiger partial charge in [-0.25, -0.2) is 0 Å². The summed E-state index contributed by atoms with van der Waals surface area (Å²) in [5, 5.41) is 10.4. The number of hydrogen-bond acceptors (Lipinski definition) is 4. The van der Waals surface area contributed by atoms with Crippen LogP contribution in [0.5, 0.6) is 5.75 Å². The molecule has 2 aromatic rings. The van der Waals surface area contributed by atoms with Gasteiger partial charge in [-0.2, -0.15) is 0 Å². The number of pyridine rings is 1. The minimum Gasteiger partial charge on any atom is -0.508 e. The monoisotopic (exact) mass is 396 g/mol. The molecule has 1 unspecified atom stereocenters. The lowest BCUT2D eigenvalue weighted by Gasteiger charge is -2.30. The van der Waals surface area contributed by atoms with E-state index in [9.17, 15) is 9.90 Å². The van der Waals surface area contributed by atoms with Crippen molar-refractivity contribution in [1.82, 2.24) is 9.88 Å². The minimum absolute atomic E-state index is 0.164. The molecule has 3 rings (SSSR count). The van der Waals surface area contributed by atoms with Crippen LogP contribution in [-0.4, -0.2) is 31.9 Å². The van der Waals surface area contributed by atoms with Crippen LogP contribution in [0.1, 0.15) is 18.5 Å². The fourth-order valence-electron chi connectivity index (χ4n) is 2.86. The number of rotatable bonds is 3. The third-order valence-electron chi connectivity index (χ3n) is 3.94.